The molecule has 1 aromatic rings. The summed E-state index contributed by atoms with van der Waals surface area (Å²) in [6, 6.07) is 0.405. The summed E-state index contributed by atoms with van der Waals surface area (Å²) < 4.78 is 19.5. The molecule has 2 aliphatic rings. The van der Waals surface area contributed by atoms with E-state index in [4.69, 9.17) is 4.74 Å². The lowest BCUT2D eigenvalue weighted by atomic mass is 9.95. The summed E-state index contributed by atoms with van der Waals surface area (Å²) in [5.74, 6) is -0.422. The van der Waals surface area contributed by atoms with Gasteiger partial charge in [0.2, 0.25) is 5.95 Å². The largest absolute Gasteiger partial charge is 0.443 e. The Labute approximate surface area is 129 Å². The van der Waals surface area contributed by atoms with Crippen LogP contribution in [0.3, 0.4) is 0 Å². The molecule has 0 saturated carbocycles. The van der Waals surface area contributed by atoms with Gasteiger partial charge < -0.3 is 10.1 Å². The lowest BCUT2D eigenvalue weighted by molar-refractivity contribution is 0.0589. The van der Waals surface area contributed by atoms with Gasteiger partial charge >= 0.3 is 6.09 Å². The van der Waals surface area contributed by atoms with Crippen molar-refractivity contribution in [2.24, 2.45) is 0 Å². The van der Waals surface area contributed by atoms with E-state index in [2.05, 4.69) is 10.3 Å². The minimum Gasteiger partial charge on any atom is -0.443 e. The third-order valence-electron chi connectivity index (χ3n) is 4.22. The maximum Gasteiger partial charge on any atom is 0.414 e. The molecule has 2 atom stereocenters. The minimum atomic E-state index is -0.574. The van der Waals surface area contributed by atoms with E-state index in [1.165, 1.54) is 11.1 Å². The van der Waals surface area contributed by atoms with Gasteiger partial charge in [-0.05, 0) is 40.0 Å². The SMILES string of the molecule is CN(C(=O)OC(C)(C)C)c1cnc(F)c2c1[C@H]1CC[C@@H](C2)N1. The van der Waals surface area contributed by atoms with Crippen LogP contribution in [0.2, 0.25) is 0 Å². The number of aromatic nitrogens is 1. The van der Waals surface area contributed by atoms with E-state index in [-0.39, 0.29) is 6.04 Å². The number of carbonyl (C=O) groups is 1. The maximum atomic E-state index is 14.1. The second-order valence-corrected chi connectivity index (χ2v) is 7.06. The molecule has 0 aliphatic carbocycles. The Balaban J connectivity index is 1.97. The molecular weight excluding hydrogens is 285 g/mol. The van der Waals surface area contributed by atoms with E-state index in [0.29, 0.717) is 23.7 Å². The number of nitrogens with one attached hydrogen (secondary N) is 1. The monoisotopic (exact) mass is 307 g/mol. The number of pyridine rings is 1. The van der Waals surface area contributed by atoms with Gasteiger partial charge in [-0.3, -0.25) is 4.90 Å². The Morgan fingerprint density at radius 3 is 2.86 bits per heavy atom. The molecular formula is C16H22FN3O2. The summed E-state index contributed by atoms with van der Waals surface area (Å²) in [6.07, 6.45) is 3.58. The molecule has 1 saturated heterocycles. The molecule has 22 heavy (non-hydrogen) atoms. The van der Waals surface area contributed by atoms with Crippen LogP contribution in [-0.2, 0) is 11.2 Å². The molecule has 0 radical (unpaired) electrons. The van der Waals surface area contributed by atoms with Crippen molar-refractivity contribution in [1.82, 2.24) is 10.3 Å². The standard InChI is InChI=1S/C16H22FN3O2/c1-16(2,3)22-15(21)20(4)12-8-18-14(17)10-7-9-5-6-11(19-9)13(10)12/h8-9,11,19H,5-7H2,1-4H3/t9-,11+/m0/s1. The van der Waals surface area contributed by atoms with Crippen molar-refractivity contribution < 1.29 is 13.9 Å². The highest BCUT2D eigenvalue weighted by Crippen LogP contribution is 2.41. The van der Waals surface area contributed by atoms with Crippen LogP contribution in [0.25, 0.3) is 0 Å². The fourth-order valence-corrected chi connectivity index (χ4v) is 3.26. The Morgan fingerprint density at radius 1 is 1.45 bits per heavy atom. The average Bonchev–Trinajstić information content (AvgIpc) is 2.79. The van der Waals surface area contributed by atoms with Gasteiger partial charge in [-0.1, -0.05) is 0 Å². The fourth-order valence-electron chi connectivity index (χ4n) is 3.26. The second-order valence-electron chi connectivity index (χ2n) is 7.06. The summed E-state index contributed by atoms with van der Waals surface area (Å²) in [4.78, 5) is 17.6. The van der Waals surface area contributed by atoms with Gasteiger partial charge in [0, 0.05) is 30.3 Å². The Kier molecular flexibility index (Phi) is 3.59. The summed E-state index contributed by atoms with van der Waals surface area (Å²) in [7, 11) is 1.64. The van der Waals surface area contributed by atoms with E-state index in [1.54, 1.807) is 7.05 Å². The summed E-state index contributed by atoms with van der Waals surface area (Å²) in [5, 5.41) is 3.48. The van der Waals surface area contributed by atoms with Crippen molar-refractivity contribution in [3.8, 4) is 0 Å². The molecule has 1 fully saturated rings. The molecule has 1 N–H and O–H groups in total. The lowest BCUT2D eigenvalue weighted by Crippen LogP contribution is -2.38. The Morgan fingerprint density at radius 2 is 2.18 bits per heavy atom. The van der Waals surface area contributed by atoms with Gasteiger partial charge in [-0.15, -0.1) is 0 Å². The van der Waals surface area contributed by atoms with Crippen LogP contribution in [0, 0.1) is 5.95 Å². The van der Waals surface area contributed by atoms with Crippen LogP contribution in [0.15, 0.2) is 6.20 Å². The first-order valence-corrected chi connectivity index (χ1v) is 7.66. The number of rotatable bonds is 1. The van der Waals surface area contributed by atoms with Gasteiger partial charge in [-0.25, -0.2) is 9.78 Å². The van der Waals surface area contributed by atoms with Crippen molar-refractivity contribution in [3.05, 3.63) is 23.3 Å². The zero-order valence-electron chi connectivity index (χ0n) is 13.4. The highest BCUT2D eigenvalue weighted by atomic mass is 19.1. The normalized spacial score (nSPS) is 23.1. The number of fused-ring (bicyclic) bond motifs is 4. The third kappa shape index (κ3) is 2.67. The molecule has 1 aromatic heterocycles. The number of hydrogen-bond donors (Lipinski definition) is 1. The molecule has 1 amide bonds. The summed E-state index contributed by atoms with van der Waals surface area (Å²) in [6.45, 7) is 5.46. The number of carbonyl (C=O) groups excluding carboxylic acids is 1. The number of hydrogen-bond acceptors (Lipinski definition) is 4. The smallest absolute Gasteiger partial charge is 0.414 e. The van der Waals surface area contributed by atoms with Crippen LogP contribution in [-0.4, -0.2) is 29.8 Å². The lowest BCUT2D eigenvalue weighted by Gasteiger charge is -2.31. The van der Waals surface area contributed by atoms with Gasteiger partial charge in [0.15, 0.2) is 0 Å². The zero-order chi connectivity index (χ0) is 16.1. The van der Waals surface area contributed by atoms with Gasteiger partial charge in [0.1, 0.15) is 5.60 Å². The first-order valence-electron chi connectivity index (χ1n) is 7.66. The van der Waals surface area contributed by atoms with Crippen molar-refractivity contribution in [2.75, 3.05) is 11.9 Å². The van der Waals surface area contributed by atoms with Crippen molar-refractivity contribution in [1.29, 1.82) is 0 Å². The molecule has 0 aromatic carbocycles. The fraction of sp³-hybridized carbons (Fsp3) is 0.625. The second kappa shape index (κ2) is 5.19. The maximum absolute atomic E-state index is 14.1. The summed E-state index contributed by atoms with van der Waals surface area (Å²) in [5.41, 5.74) is 1.55. The van der Waals surface area contributed by atoms with E-state index in [0.717, 1.165) is 18.4 Å². The molecule has 2 bridgehead atoms. The highest BCUT2D eigenvalue weighted by molar-refractivity contribution is 5.88. The first-order chi connectivity index (χ1) is 10.3. The van der Waals surface area contributed by atoms with Crippen molar-refractivity contribution in [3.63, 3.8) is 0 Å². The van der Waals surface area contributed by atoms with Gasteiger partial charge in [-0.2, -0.15) is 4.39 Å². The quantitative estimate of drug-likeness (QED) is 0.811. The average molecular weight is 307 g/mol. The molecule has 0 unspecified atom stereocenters. The molecule has 120 valence electrons. The molecule has 3 heterocycles. The number of ether oxygens (including phenoxy) is 1. The van der Waals surface area contributed by atoms with Crippen molar-refractivity contribution >= 4 is 11.8 Å². The predicted octanol–water partition coefficient (Wildman–Crippen LogP) is 2.94. The van der Waals surface area contributed by atoms with E-state index < -0.39 is 17.6 Å². The van der Waals surface area contributed by atoms with Crippen molar-refractivity contribution in [2.45, 2.75) is 57.7 Å². The molecule has 3 rings (SSSR count). The van der Waals surface area contributed by atoms with E-state index in [9.17, 15) is 9.18 Å². The van der Waals surface area contributed by atoms with Gasteiger partial charge in [0.05, 0.1) is 11.9 Å². The predicted molar refractivity (Wildman–Crippen MR) is 81.4 cm³/mol. The van der Waals surface area contributed by atoms with Gasteiger partial charge in [0.25, 0.3) is 0 Å². The topological polar surface area (TPSA) is 54.5 Å². The zero-order valence-corrected chi connectivity index (χ0v) is 13.4. The van der Waals surface area contributed by atoms with Crippen LogP contribution in [0.1, 0.15) is 50.8 Å². The van der Waals surface area contributed by atoms with E-state index >= 15 is 0 Å². The Bertz CT molecular complexity index is 612. The molecule has 0 spiro atoms. The highest BCUT2D eigenvalue weighted by Gasteiger charge is 2.37. The van der Waals surface area contributed by atoms with E-state index in [1.807, 2.05) is 20.8 Å². The Hall–Kier alpha value is -1.69. The molecule has 6 heteroatoms. The molecule has 5 nitrogen and oxygen atoms in total. The van der Waals surface area contributed by atoms with Crippen LogP contribution >= 0.6 is 0 Å². The minimum absolute atomic E-state index is 0.0890. The first kappa shape index (κ1) is 15.2. The molecule has 2 aliphatic heterocycles. The number of anilines is 1. The van der Waals surface area contributed by atoms with Crippen LogP contribution < -0.4 is 10.2 Å². The number of halogens is 1. The van der Waals surface area contributed by atoms with Crippen LogP contribution in [0.4, 0.5) is 14.9 Å². The number of nitrogens with zero attached hydrogens (tertiary/aromatic N) is 2. The van der Waals surface area contributed by atoms with Crippen LogP contribution in [0.5, 0.6) is 0 Å². The summed E-state index contributed by atoms with van der Waals surface area (Å²) >= 11 is 0. The number of amides is 1. The third-order valence-corrected chi connectivity index (χ3v) is 4.22.